The number of ether oxygens (including phenoxy) is 1. The molecule has 0 aliphatic heterocycles. The number of pyridine rings is 1. The summed E-state index contributed by atoms with van der Waals surface area (Å²) < 4.78 is 5.71. The Balaban J connectivity index is 2.66. The van der Waals surface area contributed by atoms with Crippen LogP contribution in [0.15, 0.2) is 12.1 Å². The Morgan fingerprint density at radius 1 is 1.37 bits per heavy atom. The Morgan fingerprint density at radius 2 is 2.11 bits per heavy atom. The van der Waals surface area contributed by atoms with Crippen molar-refractivity contribution in [3.05, 3.63) is 23.5 Å². The van der Waals surface area contributed by atoms with E-state index in [0.717, 1.165) is 23.6 Å². The van der Waals surface area contributed by atoms with Gasteiger partial charge in [-0.05, 0) is 46.2 Å². The second kappa shape index (κ2) is 7.10. The molecule has 0 atom stereocenters. The minimum Gasteiger partial charge on any atom is -0.492 e. The first-order chi connectivity index (χ1) is 8.92. The maximum atomic E-state index is 8.50. The van der Waals surface area contributed by atoms with Crippen LogP contribution in [0.25, 0.3) is 0 Å². The van der Waals surface area contributed by atoms with Crippen LogP contribution in [0.2, 0.25) is 0 Å². The molecule has 4 heteroatoms. The fourth-order valence-corrected chi connectivity index (χ4v) is 1.54. The highest BCUT2D eigenvalue weighted by Crippen LogP contribution is 2.18. The largest absolute Gasteiger partial charge is 0.492 e. The first-order valence-corrected chi connectivity index (χ1v) is 6.63. The second-order valence-corrected chi connectivity index (χ2v) is 5.61. The fraction of sp³-hybridized carbons (Fsp3) is 0.600. The zero-order chi connectivity index (χ0) is 14.3. The maximum Gasteiger partial charge on any atom is 0.142 e. The number of hydrogen-bond acceptors (Lipinski definition) is 4. The summed E-state index contributed by atoms with van der Waals surface area (Å²) >= 11 is 0. The van der Waals surface area contributed by atoms with E-state index in [0.29, 0.717) is 19.6 Å². The van der Waals surface area contributed by atoms with Crippen LogP contribution in [0.5, 0.6) is 5.75 Å². The zero-order valence-electron chi connectivity index (χ0n) is 12.3. The predicted octanol–water partition coefficient (Wildman–Crippen LogP) is 2.96. The molecule has 0 saturated heterocycles. The first kappa shape index (κ1) is 15.5. The molecule has 0 spiro atoms. The summed E-state index contributed by atoms with van der Waals surface area (Å²) in [5.74, 6) is 0.806. The van der Waals surface area contributed by atoms with E-state index in [-0.39, 0.29) is 5.54 Å². The van der Waals surface area contributed by atoms with Gasteiger partial charge in [-0.1, -0.05) is 0 Å². The van der Waals surface area contributed by atoms with Crippen molar-refractivity contribution in [2.24, 2.45) is 0 Å². The fourth-order valence-electron chi connectivity index (χ4n) is 1.54. The van der Waals surface area contributed by atoms with Crippen LogP contribution in [0.1, 0.15) is 45.0 Å². The summed E-state index contributed by atoms with van der Waals surface area (Å²) in [5.41, 5.74) is 1.95. The van der Waals surface area contributed by atoms with Gasteiger partial charge in [0.25, 0.3) is 0 Å². The Bertz CT molecular complexity index is 444. The molecule has 0 bridgehead atoms. The lowest BCUT2D eigenvalue weighted by Crippen LogP contribution is -2.35. The van der Waals surface area contributed by atoms with Crippen LogP contribution in [-0.2, 0) is 6.54 Å². The third-order valence-electron chi connectivity index (χ3n) is 2.55. The third kappa shape index (κ3) is 6.21. The van der Waals surface area contributed by atoms with Gasteiger partial charge in [0.2, 0.25) is 0 Å². The van der Waals surface area contributed by atoms with Crippen LogP contribution in [-0.4, -0.2) is 17.1 Å². The van der Waals surface area contributed by atoms with Crippen molar-refractivity contribution < 1.29 is 4.74 Å². The number of unbranched alkanes of at least 4 members (excludes halogenated alkanes) is 1. The first-order valence-electron chi connectivity index (χ1n) is 6.63. The number of aromatic nitrogens is 1. The van der Waals surface area contributed by atoms with E-state index >= 15 is 0 Å². The predicted molar refractivity (Wildman–Crippen MR) is 75.9 cm³/mol. The van der Waals surface area contributed by atoms with E-state index in [2.05, 4.69) is 37.1 Å². The minimum atomic E-state index is 0.0451. The van der Waals surface area contributed by atoms with Gasteiger partial charge in [-0.15, -0.1) is 0 Å². The van der Waals surface area contributed by atoms with Crippen LogP contribution < -0.4 is 10.1 Å². The van der Waals surface area contributed by atoms with Crippen LogP contribution in [0.3, 0.4) is 0 Å². The molecule has 0 aromatic carbocycles. The quantitative estimate of drug-likeness (QED) is 0.800. The molecule has 1 N–H and O–H groups in total. The van der Waals surface area contributed by atoms with Crippen molar-refractivity contribution >= 4 is 0 Å². The minimum absolute atomic E-state index is 0.0451. The highest BCUT2D eigenvalue weighted by Gasteiger charge is 2.12. The van der Waals surface area contributed by atoms with Crippen LogP contribution in [0, 0.1) is 18.3 Å². The lowest BCUT2D eigenvalue weighted by Gasteiger charge is -2.21. The van der Waals surface area contributed by atoms with E-state index in [1.54, 1.807) is 0 Å². The average Bonchev–Trinajstić information content (AvgIpc) is 2.33. The smallest absolute Gasteiger partial charge is 0.142 e. The highest BCUT2D eigenvalue weighted by molar-refractivity contribution is 5.29. The van der Waals surface area contributed by atoms with Crippen LogP contribution in [0.4, 0.5) is 0 Å². The van der Waals surface area contributed by atoms with Crippen molar-refractivity contribution in [1.82, 2.24) is 10.3 Å². The van der Waals surface area contributed by atoms with Gasteiger partial charge < -0.3 is 10.1 Å². The number of aryl methyl sites for hydroxylation is 1. The van der Waals surface area contributed by atoms with Gasteiger partial charge in [0, 0.05) is 24.2 Å². The second-order valence-electron chi connectivity index (χ2n) is 5.61. The molecule has 19 heavy (non-hydrogen) atoms. The molecule has 0 fully saturated rings. The van der Waals surface area contributed by atoms with Gasteiger partial charge >= 0.3 is 0 Å². The van der Waals surface area contributed by atoms with Gasteiger partial charge in [0.1, 0.15) is 5.75 Å². The zero-order valence-corrected chi connectivity index (χ0v) is 12.3. The molecule has 0 unspecified atom stereocenters. The van der Waals surface area contributed by atoms with Gasteiger partial charge in [-0.25, -0.2) is 0 Å². The normalized spacial score (nSPS) is 11.1. The Hall–Kier alpha value is -1.60. The lowest BCUT2D eigenvalue weighted by molar-refractivity contribution is 0.304. The van der Waals surface area contributed by atoms with Crippen molar-refractivity contribution in [1.29, 1.82) is 5.26 Å². The van der Waals surface area contributed by atoms with Crippen molar-refractivity contribution in [2.75, 3.05) is 6.61 Å². The number of nitriles is 1. The van der Waals surface area contributed by atoms with E-state index in [1.807, 2.05) is 19.1 Å². The van der Waals surface area contributed by atoms with Crippen LogP contribution >= 0.6 is 0 Å². The molecular weight excluding hydrogens is 238 g/mol. The number of hydrogen-bond donors (Lipinski definition) is 1. The molecule has 104 valence electrons. The van der Waals surface area contributed by atoms with E-state index in [4.69, 9.17) is 10.00 Å². The van der Waals surface area contributed by atoms with Gasteiger partial charge in [-0.2, -0.15) is 5.26 Å². The Morgan fingerprint density at radius 3 is 2.74 bits per heavy atom. The molecule has 0 aliphatic rings. The molecule has 0 amide bonds. The topological polar surface area (TPSA) is 57.9 Å². The number of nitrogens with one attached hydrogen (secondary N) is 1. The molecular formula is C15H23N3O. The standard InChI is InChI=1S/C15H23N3O/c1-12-7-8-14(19-10-6-5-9-16)13(18-12)11-17-15(2,3)4/h7-8,17H,5-6,10-11H2,1-4H3. The molecule has 4 nitrogen and oxygen atoms in total. The number of nitrogens with zero attached hydrogens (tertiary/aromatic N) is 2. The third-order valence-corrected chi connectivity index (χ3v) is 2.55. The summed E-state index contributed by atoms with van der Waals surface area (Å²) in [6.45, 7) is 9.57. The monoisotopic (exact) mass is 261 g/mol. The molecule has 0 radical (unpaired) electrons. The van der Waals surface area contributed by atoms with Gasteiger partial charge in [-0.3, -0.25) is 4.98 Å². The molecule has 1 aromatic rings. The molecule has 1 aromatic heterocycles. The van der Waals surface area contributed by atoms with E-state index in [9.17, 15) is 0 Å². The van der Waals surface area contributed by atoms with Gasteiger partial charge in [0.15, 0.2) is 0 Å². The molecule has 0 aliphatic carbocycles. The molecule has 1 heterocycles. The van der Waals surface area contributed by atoms with E-state index in [1.165, 1.54) is 0 Å². The molecule has 1 rings (SSSR count). The summed E-state index contributed by atoms with van der Waals surface area (Å²) in [6, 6.07) is 6.01. The summed E-state index contributed by atoms with van der Waals surface area (Å²) in [7, 11) is 0. The Kier molecular flexibility index (Phi) is 5.78. The van der Waals surface area contributed by atoms with Gasteiger partial charge in [0.05, 0.1) is 18.4 Å². The lowest BCUT2D eigenvalue weighted by atomic mass is 10.1. The van der Waals surface area contributed by atoms with E-state index < -0.39 is 0 Å². The summed E-state index contributed by atoms with van der Waals surface area (Å²) in [5, 5.41) is 11.9. The SMILES string of the molecule is Cc1ccc(OCCCC#N)c(CNC(C)(C)C)n1. The summed E-state index contributed by atoms with van der Waals surface area (Å²) in [6.07, 6.45) is 1.27. The maximum absolute atomic E-state index is 8.50. The van der Waals surface area contributed by atoms with Crippen molar-refractivity contribution in [3.63, 3.8) is 0 Å². The van der Waals surface area contributed by atoms with Crippen molar-refractivity contribution in [3.8, 4) is 11.8 Å². The average molecular weight is 261 g/mol. The summed E-state index contributed by atoms with van der Waals surface area (Å²) in [4.78, 5) is 4.52. The van der Waals surface area contributed by atoms with Crippen molar-refractivity contribution in [2.45, 2.75) is 52.6 Å². The molecule has 0 saturated carbocycles. The highest BCUT2D eigenvalue weighted by atomic mass is 16.5. The Labute approximate surface area is 115 Å². The number of rotatable bonds is 6.